The number of hydrogen-bond acceptors (Lipinski definition) is 4. The van der Waals surface area contributed by atoms with Crippen LogP contribution in [0.3, 0.4) is 0 Å². The SMILES string of the molecule is Cc1ccc(C(=O)O)cc1S(=O)(=O)C(C)C(=O)NC(C)C. The molecule has 6 nitrogen and oxygen atoms in total. The Bertz CT molecular complexity index is 664. The number of amides is 1. The van der Waals surface area contributed by atoms with Crippen LogP contribution >= 0.6 is 0 Å². The monoisotopic (exact) mass is 313 g/mol. The minimum atomic E-state index is -3.95. The lowest BCUT2D eigenvalue weighted by Crippen LogP contribution is -2.41. The van der Waals surface area contributed by atoms with Crippen molar-refractivity contribution in [3.05, 3.63) is 29.3 Å². The van der Waals surface area contributed by atoms with Crippen LogP contribution < -0.4 is 5.32 Å². The van der Waals surface area contributed by atoms with Gasteiger partial charge >= 0.3 is 5.97 Å². The van der Waals surface area contributed by atoms with E-state index >= 15 is 0 Å². The molecule has 0 fully saturated rings. The van der Waals surface area contributed by atoms with Crippen LogP contribution in [0.25, 0.3) is 0 Å². The smallest absolute Gasteiger partial charge is 0.335 e. The Labute approximate surface area is 124 Å². The van der Waals surface area contributed by atoms with Crippen molar-refractivity contribution < 1.29 is 23.1 Å². The summed E-state index contributed by atoms with van der Waals surface area (Å²) in [5.74, 6) is -1.82. The van der Waals surface area contributed by atoms with Gasteiger partial charge < -0.3 is 10.4 Å². The summed E-state index contributed by atoms with van der Waals surface area (Å²) in [7, 11) is -3.95. The van der Waals surface area contributed by atoms with E-state index in [4.69, 9.17) is 5.11 Å². The van der Waals surface area contributed by atoms with Gasteiger partial charge in [0.15, 0.2) is 9.84 Å². The molecule has 1 aromatic carbocycles. The number of rotatable bonds is 5. The first-order valence-corrected chi connectivity index (χ1v) is 8.00. The van der Waals surface area contributed by atoms with Crippen molar-refractivity contribution in [1.82, 2.24) is 5.32 Å². The van der Waals surface area contributed by atoms with Crippen LogP contribution in [0.15, 0.2) is 23.1 Å². The first kappa shape index (κ1) is 17.2. The standard InChI is InChI=1S/C14H19NO5S/c1-8(2)15-13(16)10(4)21(19,20)12-7-11(14(17)18)6-5-9(12)3/h5-8,10H,1-4H3,(H,15,16)(H,17,18). The molecule has 1 atom stereocenters. The Balaban J connectivity index is 3.27. The Morgan fingerprint density at radius 2 is 1.76 bits per heavy atom. The van der Waals surface area contributed by atoms with E-state index in [9.17, 15) is 18.0 Å². The number of carboxylic acid groups (broad SMARTS) is 1. The summed E-state index contributed by atoms with van der Waals surface area (Å²) < 4.78 is 25.0. The summed E-state index contributed by atoms with van der Waals surface area (Å²) >= 11 is 0. The van der Waals surface area contributed by atoms with E-state index in [0.717, 1.165) is 6.07 Å². The number of hydrogen-bond donors (Lipinski definition) is 2. The maximum atomic E-state index is 12.5. The second kappa shape index (κ2) is 6.26. The van der Waals surface area contributed by atoms with Crippen molar-refractivity contribution in [2.24, 2.45) is 0 Å². The molecule has 0 heterocycles. The number of nitrogens with one attached hydrogen (secondary N) is 1. The third-order valence-electron chi connectivity index (χ3n) is 3.01. The van der Waals surface area contributed by atoms with E-state index < -0.39 is 27.0 Å². The highest BCUT2D eigenvalue weighted by molar-refractivity contribution is 7.92. The molecule has 0 aliphatic carbocycles. The molecule has 1 aromatic rings. The zero-order chi connectivity index (χ0) is 16.4. The van der Waals surface area contributed by atoms with Gasteiger partial charge in [0, 0.05) is 6.04 Å². The van der Waals surface area contributed by atoms with Gasteiger partial charge in [-0.25, -0.2) is 13.2 Å². The van der Waals surface area contributed by atoms with Gasteiger partial charge in [0.05, 0.1) is 10.5 Å². The molecule has 116 valence electrons. The average molecular weight is 313 g/mol. The Hall–Kier alpha value is -1.89. The van der Waals surface area contributed by atoms with Crippen LogP contribution in [0.2, 0.25) is 0 Å². The van der Waals surface area contributed by atoms with E-state index in [1.165, 1.54) is 19.1 Å². The molecule has 0 saturated heterocycles. The molecule has 0 aromatic heterocycles. The fourth-order valence-corrected chi connectivity index (χ4v) is 3.31. The lowest BCUT2D eigenvalue weighted by atomic mass is 10.1. The van der Waals surface area contributed by atoms with Gasteiger partial charge in [0.25, 0.3) is 0 Å². The highest BCUT2D eigenvalue weighted by atomic mass is 32.2. The molecular formula is C14H19NO5S. The summed E-state index contributed by atoms with van der Waals surface area (Å²) in [5, 5.41) is 10.2. The average Bonchev–Trinajstić information content (AvgIpc) is 2.36. The molecule has 0 saturated carbocycles. The van der Waals surface area contributed by atoms with Gasteiger partial charge in [-0.05, 0) is 45.4 Å². The van der Waals surface area contributed by atoms with Gasteiger partial charge in [0.1, 0.15) is 5.25 Å². The number of sulfone groups is 1. The maximum Gasteiger partial charge on any atom is 0.335 e. The zero-order valence-electron chi connectivity index (χ0n) is 12.4. The van der Waals surface area contributed by atoms with E-state index in [1.54, 1.807) is 20.8 Å². The van der Waals surface area contributed by atoms with Gasteiger partial charge in [-0.2, -0.15) is 0 Å². The van der Waals surface area contributed by atoms with Crippen LogP contribution in [-0.2, 0) is 14.6 Å². The van der Waals surface area contributed by atoms with Crippen LogP contribution in [0.5, 0.6) is 0 Å². The molecule has 1 rings (SSSR count). The molecule has 0 aliphatic rings. The second-order valence-electron chi connectivity index (χ2n) is 5.14. The van der Waals surface area contributed by atoms with Crippen molar-refractivity contribution in [1.29, 1.82) is 0 Å². The highest BCUT2D eigenvalue weighted by Crippen LogP contribution is 2.22. The summed E-state index contributed by atoms with van der Waals surface area (Å²) in [4.78, 5) is 22.7. The molecule has 0 aliphatic heterocycles. The van der Waals surface area contributed by atoms with Crippen molar-refractivity contribution in [3.63, 3.8) is 0 Å². The number of carbonyl (C=O) groups is 2. The van der Waals surface area contributed by atoms with Crippen molar-refractivity contribution in [2.75, 3.05) is 0 Å². The van der Waals surface area contributed by atoms with Gasteiger partial charge in [0.2, 0.25) is 5.91 Å². The molecule has 7 heteroatoms. The summed E-state index contributed by atoms with van der Waals surface area (Å²) in [6.45, 7) is 6.31. The number of aryl methyl sites for hydroxylation is 1. The molecule has 0 spiro atoms. The largest absolute Gasteiger partial charge is 0.478 e. The predicted octanol–water partition coefficient (Wildman–Crippen LogP) is 1.38. The van der Waals surface area contributed by atoms with Crippen molar-refractivity contribution in [2.45, 2.75) is 43.9 Å². The molecule has 0 bridgehead atoms. The fourth-order valence-electron chi connectivity index (χ4n) is 1.77. The quantitative estimate of drug-likeness (QED) is 0.855. The van der Waals surface area contributed by atoms with Gasteiger partial charge in [-0.3, -0.25) is 4.79 Å². The summed E-state index contributed by atoms with van der Waals surface area (Å²) in [6.07, 6.45) is 0. The number of benzene rings is 1. The van der Waals surface area contributed by atoms with E-state index in [2.05, 4.69) is 5.32 Å². The number of carboxylic acids is 1. The molecule has 1 unspecified atom stereocenters. The van der Waals surface area contributed by atoms with Crippen molar-refractivity contribution in [3.8, 4) is 0 Å². The first-order chi connectivity index (χ1) is 9.57. The third kappa shape index (κ3) is 3.81. The van der Waals surface area contributed by atoms with Crippen LogP contribution in [0.4, 0.5) is 0 Å². The van der Waals surface area contributed by atoms with Gasteiger partial charge in [-0.15, -0.1) is 0 Å². The van der Waals surface area contributed by atoms with Crippen LogP contribution in [-0.4, -0.2) is 36.7 Å². The van der Waals surface area contributed by atoms with Gasteiger partial charge in [-0.1, -0.05) is 6.07 Å². The summed E-state index contributed by atoms with van der Waals surface area (Å²) in [6, 6.07) is 3.66. The Kier molecular flexibility index (Phi) is 5.11. The van der Waals surface area contributed by atoms with Crippen LogP contribution in [0, 0.1) is 6.92 Å². The highest BCUT2D eigenvalue weighted by Gasteiger charge is 2.31. The van der Waals surface area contributed by atoms with Crippen LogP contribution in [0.1, 0.15) is 36.7 Å². The molecule has 21 heavy (non-hydrogen) atoms. The zero-order valence-corrected chi connectivity index (χ0v) is 13.2. The second-order valence-corrected chi connectivity index (χ2v) is 7.37. The predicted molar refractivity (Wildman–Crippen MR) is 78.1 cm³/mol. The number of aromatic carboxylic acids is 1. The maximum absolute atomic E-state index is 12.5. The van der Waals surface area contributed by atoms with E-state index in [0.29, 0.717) is 5.56 Å². The lowest BCUT2D eigenvalue weighted by Gasteiger charge is -2.16. The third-order valence-corrected chi connectivity index (χ3v) is 5.21. The Morgan fingerprint density at radius 1 is 1.19 bits per heavy atom. The topological polar surface area (TPSA) is 101 Å². The van der Waals surface area contributed by atoms with E-state index in [-0.39, 0.29) is 16.5 Å². The molecule has 2 N–H and O–H groups in total. The fraction of sp³-hybridized carbons (Fsp3) is 0.429. The normalized spacial score (nSPS) is 13.0. The number of carbonyl (C=O) groups excluding carboxylic acids is 1. The van der Waals surface area contributed by atoms with Crippen molar-refractivity contribution >= 4 is 21.7 Å². The molecule has 0 radical (unpaired) electrons. The van der Waals surface area contributed by atoms with E-state index in [1.807, 2.05) is 0 Å². The minimum absolute atomic E-state index is 0.129. The Morgan fingerprint density at radius 3 is 2.24 bits per heavy atom. The molecule has 1 amide bonds. The molecular weight excluding hydrogens is 294 g/mol. The minimum Gasteiger partial charge on any atom is -0.478 e. The first-order valence-electron chi connectivity index (χ1n) is 6.45. The lowest BCUT2D eigenvalue weighted by molar-refractivity contribution is -0.120. The summed E-state index contributed by atoms with van der Waals surface area (Å²) in [5.41, 5.74) is 0.278.